The number of nitrogens with zero attached hydrogens (tertiary/aromatic N) is 1. The second kappa shape index (κ2) is 5.45. The highest BCUT2D eigenvalue weighted by Crippen LogP contribution is 2.28. The Hall–Kier alpha value is -1.16. The average Bonchev–Trinajstić information content (AvgIpc) is 3.02. The van der Waals surface area contributed by atoms with Crippen LogP contribution in [0.1, 0.15) is 19.4 Å². The molecule has 1 saturated heterocycles. The third-order valence-electron chi connectivity index (χ3n) is 3.67. The number of aliphatic imine (C=N–C) groups is 1. The molecule has 1 aromatic carbocycles. The van der Waals surface area contributed by atoms with Gasteiger partial charge in [0.2, 0.25) is 0 Å². The van der Waals surface area contributed by atoms with E-state index in [1.165, 1.54) is 5.56 Å². The number of amidine groups is 1. The van der Waals surface area contributed by atoms with Crippen molar-refractivity contribution in [1.82, 2.24) is 5.32 Å². The Morgan fingerprint density at radius 3 is 3.00 bits per heavy atom. The summed E-state index contributed by atoms with van der Waals surface area (Å²) in [6.07, 6.45) is 1.18. The van der Waals surface area contributed by atoms with Crippen molar-refractivity contribution < 1.29 is 4.74 Å². The molecule has 0 bridgehead atoms. The number of ether oxygens (including phenoxy) is 1. The van der Waals surface area contributed by atoms with Gasteiger partial charge in [0.05, 0.1) is 6.54 Å². The number of benzene rings is 1. The maximum Gasteiger partial charge on any atom is 0.157 e. The van der Waals surface area contributed by atoms with Crippen molar-refractivity contribution in [1.29, 1.82) is 0 Å². The molecule has 102 valence electrons. The minimum absolute atomic E-state index is 0.199. The van der Waals surface area contributed by atoms with Gasteiger partial charge in [-0.1, -0.05) is 43.8 Å². The molecule has 2 aliphatic rings. The quantitative estimate of drug-likeness (QED) is 0.921. The third-order valence-corrected chi connectivity index (χ3v) is 4.71. The number of thioether (sulfide) groups is 1. The number of hydrogen-bond acceptors (Lipinski definition) is 3. The van der Waals surface area contributed by atoms with Crippen LogP contribution in [-0.4, -0.2) is 29.6 Å². The first-order chi connectivity index (χ1) is 9.22. The Bertz CT molecular complexity index is 462. The Morgan fingerprint density at radius 2 is 2.26 bits per heavy atom. The number of nitrogens with one attached hydrogen (secondary N) is 1. The largest absolute Gasteiger partial charge is 0.488 e. The lowest BCUT2D eigenvalue weighted by molar-refractivity contribution is 0.242. The van der Waals surface area contributed by atoms with Gasteiger partial charge in [-0.3, -0.25) is 4.99 Å². The highest BCUT2D eigenvalue weighted by molar-refractivity contribution is 8.14. The van der Waals surface area contributed by atoms with Gasteiger partial charge >= 0.3 is 0 Å². The summed E-state index contributed by atoms with van der Waals surface area (Å²) in [6, 6.07) is 8.83. The Balaban J connectivity index is 1.55. The molecule has 19 heavy (non-hydrogen) atoms. The summed E-state index contributed by atoms with van der Waals surface area (Å²) in [6.45, 7) is 5.24. The number of rotatable bonds is 3. The molecule has 0 amide bonds. The number of fused-ring (bicyclic) bond motifs is 1. The maximum atomic E-state index is 5.90. The zero-order valence-corrected chi connectivity index (χ0v) is 12.2. The molecule has 2 aliphatic heterocycles. The summed E-state index contributed by atoms with van der Waals surface area (Å²) in [5.41, 5.74) is 1.31. The standard InChI is InChI=1S/C15H20N2OS/c1-10(2)13-9-19-15(17-13)16-8-12-7-11-5-3-4-6-14(11)18-12/h3-6,10,12-13H,7-9H2,1-2H3,(H,16,17)/t12?,13-/m1/s1. The second-order valence-electron chi connectivity index (χ2n) is 5.50. The monoisotopic (exact) mass is 276 g/mol. The topological polar surface area (TPSA) is 33.6 Å². The molecule has 0 aliphatic carbocycles. The lowest BCUT2D eigenvalue weighted by atomic mass is 10.1. The van der Waals surface area contributed by atoms with Crippen molar-refractivity contribution in [2.45, 2.75) is 32.4 Å². The van der Waals surface area contributed by atoms with Crippen LogP contribution < -0.4 is 10.1 Å². The first-order valence-corrected chi connectivity index (χ1v) is 7.89. The summed E-state index contributed by atoms with van der Waals surface area (Å²) in [7, 11) is 0. The van der Waals surface area contributed by atoms with Crippen molar-refractivity contribution >= 4 is 16.9 Å². The maximum absolute atomic E-state index is 5.90. The molecule has 1 fully saturated rings. The van der Waals surface area contributed by atoms with Gasteiger partial charge in [0.25, 0.3) is 0 Å². The Morgan fingerprint density at radius 1 is 1.42 bits per heavy atom. The van der Waals surface area contributed by atoms with Gasteiger partial charge in [-0.05, 0) is 17.5 Å². The van der Waals surface area contributed by atoms with E-state index in [9.17, 15) is 0 Å². The van der Waals surface area contributed by atoms with Gasteiger partial charge in [-0.2, -0.15) is 0 Å². The summed E-state index contributed by atoms with van der Waals surface area (Å²) in [5, 5.41) is 4.57. The van der Waals surface area contributed by atoms with Gasteiger partial charge in [0.15, 0.2) is 5.17 Å². The fourth-order valence-electron chi connectivity index (χ4n) is 2.40. The van der Waals surface area contributed by atoms with E-state index in [0.29, 0.717) is 12.0 Å². The zero-order chi connectivity index (χ0) is 13.2. The van der Waals surface area contributed by atoms with Crippen LogP contribution in [0, 0.1) is 5.92 Å². The molecule has 1 aromatic rings. The van der Waals surface area contributed by atoms with Crippen LogP contribution in [0.5, 0.6) is 5.75 Å². The van der Waals surface area contributed by atoms with E-state index in [0.717, 1.165) is 29.6 Å². The first kappa shape index (κ1) is 12.9. The predicted molar refractivity (Wildman–Crippen MR) is 81.1 cm³/mol. The molecule has 2 atom stereocenters. The van der Waals surface area contributed by atoms with Gasteiger partial charge < -0.3 is 10.1 Å². The summed E-state index contributed by atoms with van der Waals surface area (Å²) < 4.78 is 5.90. The summed E-state index contributed by atoms with van der Waals surface area (Å²) >= 11 is 1.83. The first-order valence-electron chi connectivity index (χ1n) is 6.90. The van der Waals surface area contributed by atoms with Crippen LogP contribution in [0.15, 0.2) is 29.3 Å². The lowest BCUT2D eigenvalue weighted by Gasteiger charge is -2.13. The van der Waals surface area contributed by atoms with Crippen molar-refractivity contribution in [2.75, 3.05) is 12.3 Å². The molecule has 4 heteroatoms. The van der Waals surface area contributed by atoms with E-state index in [1.807, 2.05) is 23.9 Å². The third kappa shape index (κ3) is 2.89. The number of hydrogen-bond donors (Lipinski definition) is 1. The molecule has 2 heterocycles. The minimum Gasteiger partial charge on any atom is -0.488 e. The van der Waals surface area contributed by atoms with Crippen LogP contribution in [-0.2, 0) is 6.42 Å². The van der Waals surface area contributed by atoms with E-state index in [4.69, 9.17) is 4.74 Å². The normalized spacial score (nSPS) is 27.4. The zero-order valence-electron chi connectivity index (χ0n) is 11.4. The SMILES string of the molecule is CC(C)[C@H]1CSC(=NCC2Cc3ccccc3O2)N1. The fraction of sp³-hybridized carbons (Fsp3) is 0.533. The average molecular weight is 276 g/mol. The molecular formula is C15H20N2OS. The van der Waals surface area contributed by atoms with Crippen LogP contribution in [0.4, 0.5) is 0 Å². The molecule has 1 unspecified atom stereocenters. The van der Waals surface area contributed by atoms with Crippen molar-refractivity contribution in [3.63, 3.8) is 0 Å². The van der Waals surface area contributed by atoms with Gasteiger partial charge in [-0.15, -0.1) is 0 Å². The van der Waals surface area contributed by atoms with E-state index >= 15 is 0 Å². The predicted octanol–water partition coefficient (Wildman–Crippen LogP) is 2.71. The highest BCUT2D eigenvalue weighted by atomic mass is 32.2. The molecule has 3 nitrogen and oxygen atoms in total. The van der Waals surface area contributed by atoms with E-state index in [-0.39, 0.29) is 6.10 Å². The van der Waals surface area contributed by atoms with Gasteiger partial charge in [-0.25, -0.2) is 0 Å². The van der Waals surface area contributed by atoms with Crippen molar-refractivity contribution in [2.24, 2.45) is 10.9 Å². The van der Waals surface area contributed by atoms with Crippen LogP contribution in [0.25, 0.3) is 0 Å². The van der Waals surface area contributed by atoms with E-state index in [1.54, 1.807) is 0 Å². The molecule has 0 spiro atoms. The molecule has 1 N–H and O–H groups in total. The van der Waals surface area contributed by atoms with Crippen LogP contribution >= 0.6 is 11.8 Å². The van der Waals surface area contributed by atoms with Gasteiger partial charge in [0.1, 0.15) is 11.9 Å². The molecule has 3 rings (SSSR count). The molecule has 0 radical (unpaired) electrons. The van der Waals surface area contributed by atoms with Crippen LogP contribution in [0.3, 0.4) is 0 Å². The highest BCUT2D eigenvalue weighted by Gasteiger charge is 2.25. The van der Waals surface area contributed by atoms with E-state index < -0.39 is 0 Å². The minimum atomic E-state index is 0.199. The van der Waals surface area contributed by atoms with Crippen molar-refractivity contribution in [3.8, 4) is 5.75 Å². The Labute approximate surface area is 118 Å². The molecule has 0 aromatic heterocycles. The number of para-hydroxylation sites is 1. The van der Waals surface area contributed by atoms with Crippen LogP contribution in [0.2, 0.25) is 0 Å². The van der Waals surface area contributed by atoms with Crippen molar-refractivity contribution in [3.05, 3.63) is 29.8 Å². The van der Waals surface area contributed by atoms with E-state index in [2.05, 4.69) is 36.3 Å². The molecule has 0 saturated carbocycles. The summed E-state index contributed by atoms with van der Waals surface area (Å²) in [4.78, 5) is 4.66. The fourth-order valence-corrected chi connectivity index (χ4v) is 3.61. The summed E-state index contributed by atoms with van der Waals surface area (Å²) in [5.74, 6) is 2.81. The Kier molecular flexibility index (Phi) is 3.69. The second-order valence-corrected chi connectivity index (χ2v) is 6.51. The lowest BCUT2D eigenvalue weighted by Crippen LogP contribution is -2.32. The smallest absolute Gasteiger partial charge is 0.157 e. The van der Waals surface area contributed by atoms with Gasteiger partial charge in [0, 0.05) is 18.2 Å². The molecular weight excluding hydrogens is 256 g/mol.